The van der Waals surface area contributed by atoms with Crippen molar-refractivity contribution in [2.75, 3.05) is 46.4 Å². The summed E-state index contributed by atoms with van der Waals surface area (Å²) < 4.78 is 31.6. The van der Waals surface area contributed by atoms with Crippen LogP contribution in [-0.4, -0.2) is 70.0 Å². The molecule has 1 unspecified atom stereocenters. The van der Waals surface area contributed by atoms with Crippen LogP contribution in [0.25, 0.3) is 0 Å². The van der Waals surface area contributed by atoms with Gasteiger partial charge in [0.05, 0.1) is 30.7 Å². The van der Waals surface area contributed by atoms with E-state index in [4.69, 9.17) is 4.74 Å². The Morgan fingerprint density at radius 1 is 1.21 bits per heavy atom. The minimum Gasteiger partial charge on any atom is -0.379 e. The summed E-state index contributed by atoms with van der Waals surface area (Å²) in [6.45, 7) is 3.17. The summed E-state index contributed by atoms with van der Waals surface area (Å²) in [5, 5.41) is 4.92. The molecule has 7 nitrogen and oxygen atoms in total. The Morgan fingerprint density at radius 3 is 2.57 bits per heavy atom. The van der Waals surface area contributed by atoms with Gasteiger partial charge in [-0.3, -0.25) is 9.69 Å². The molecule has 28 heavy (non-hydrogen) atoms. The van der Waals surface area contributed by atoms with Crippen molar-refractivity contribution in [1.29, 1.82) is 0 Å². The Bertz CT molecular complexity index is 851. The molecule has 3 rings (SSSR count). The molecule has 1 N–H and O–H groups in total. The standard InChI is InChI=1S/C19H25N3O4S2/c1-21(28(24,25)16-6-3-2-4-7-16)15-19(23)20-14-17(18-8-5-13-27-18)22-9-11-26-12-10-22/h2-8,13,17H,9-12,14-15H2,1H3,(H,20,23). The fourth-order valence-electron chi connectivity index (χ4n) is 3.11. The lowest BCUT2D eigenvalue weighted by Gasteiger charge is -2.34. The van der Waals surface area contributed by atoms with Crippen molar-refractivity contribution >= 4 is 27.3 Å². The summed E-state index contributed by atoms with van der Waals surface area (Å²) in [4.78, 5) is 16.1. The van der Waals surface area contributed by atoms with E-state index in [1.165, 1.54) is 24.1 Å². The van der Waals surface area contributed by atoms with Gasteiger partial charge in [0.15, 0.2) is 0 Å². The lowest BCUT2D eigenvalue weighted by molar-refractivity contribution is -0.121. The lowest BCUT2D eigenvalue weighted by Crippen LogP contribution is -2.45. The molecule has 0 aliphatic carbocycles. The number of nitrogens with one attached hydrogen (secondary N) is 1. The van der Waals surface area contributed by atoms with Crippen LogP contribution < -0.4 is 5.32 Å². The second-order valence-corrected chi connectivity index (χ2v) is 9.58. The zero-order valence-corrected chi connectivity index (χ0v) is 17.4. The Labute approximate surface area is 170 Å². The highest BCUT2D eigenvalue weighted by Gasteiger charge is 2.26. The van der Waals surface area contributed by atoms with Gasteiger partial charge in [-0.2, -0.15) is 4.31 Å². The van der Waals surface area contributed by atoms with Crippen LogP contribution in [0.3, 0.4) is 0 Å². The van der Waals surface area contributed by atoms with E-state index < -0.39 is 10.0 Å². The summed E-state index contributed by atoms with van der Waals surface area (Å²) in [5.74, 6) is -0.322. The van der Waals surface area contributed by atoms with E-state index >= 15 is 0 Å². The zero-order valence-electron chi connectivity index (χ0n) is 15.8. The first-order chi connectivity index (χ1) is 13.5. The van der Waals surface area contributed by atoms with E-state index in [2.05, 4.69) is 16.3 Å². The molecular weight excluding hydrogens is 398 g/mol. The molecule has 0 spiro atoms. The number of hydrogen-bond acceptors (Lipinski definition) is 6. The number of sulfonamides is 1. The van der Waals surface area contributed by atoms with Crippen LogP contribution in [-0.2, 0) is 19.6 Å². The fraction of sp³-hybridized carbons (Fsp3) is 0.421. The number of carbonyl (C=O) groups is 1. The van der Waals surface area contributed by atoms with Gasteiger partial charge in [0.1, 0.15) is 0 Å². The highest BCUT2D eigenvalue weighted by Crippen LogP contribution is 2.25. The van der Waals surface area contributed by atoms with Crippen LogP contribution in [0.5, 0.6) is 0 Å². The third-order valence-corrected chi connectivity index (χ3v) is 7.46. The summed E-state index contributed by atoms with van der Waals surface area (Å²) in [6, 6.07) is 12.2. The number of thiophene rings is 1. The molecule has 1 aromatic heterocycles. The van der Waals surface area contributed by atoms with Crippen molar-refractivity contribution in [2.45, 2.75) is 10.9 Å². The maximum atomic E-state index is 12.6. The Morgan fingerprint density at radius 2 is 1.93 bits per heavy atom. The van der Waals surface area contributed by atoms with E-state index in [0.29, 0.717) is 19.8 Å². The van der Waals surface area contributed by atoms with Crippen LogP contribution in [0.4, 0.5) is 0 Å². The molecule has 2 aromatic rings. The smallest absolute Gasteiger partial charge is 0.243 e. The molecular formula is C19H25N3O4S2. The van der Waals surface area contributed by atoms with Gasteiger partial charge in [0, 0.05) is 31.6 Å². The molecule has 2 heterocycles. The lowest BCUT2D eigenvalue weighted by atomic mass is 10.2. The van der Waals surface area contributed by atoms with Crippen molar-refractivity contribution in [2.24, 2.45) is 0 Å². The van der Waals surface area contributed by atoms with E-state index in [0.717, 1.165) is 17.4 Å². The number of carbonyl (C=O) groups excluding carboxylic acids is 1. The van der Waals surface area contributed by atoms with Crippen LogP contribution in [0.1, 0.15) is 10.9 Å². The van der Waals surface area contributed by atoms with Gasteiger partial charge < -0.3 is 10.1 Å². The quantitative estimate of drug-likeness (QED) is 0.697. The summed E-state index contributed by atoms with van der Waals surface area (Å²) in [5.41, 5.74) is 0. The monoisotopic (exact) mass is 423 g/mol. The Balaban J connectivity index is 1.60. The number of benzene rings is 1. The SMILES string of the molecule is CN(CC(=O)NCC(c1cccs1)N1CCOCC1)S(=O)(=O)c1ccccc1. The molecule has 0 radical (unpaired) electrons. The molecule has 152 valence electrons. The van der Waals surface area contributed by atoms with E-state index in [-0.39, 0.29) is 23.4 Å². The highest BCUT2D eigenvalue weighted by atomic mass is 32.2. The second kappa shape index (κ2) is 9.62. The maximum Gasteiger partial charge on any atom is 0.243 e. The number of likely N-dealkylation sites (N-methyl/N-ethyl adjacent to an activating group) is 1. The predicted octanol–water partition coefficient (Wildman–Crippen LogP) is 1.56. The average Bonchev–Trinajstić information content (AvgIpc) is 3.24. The van der Waals surface area contributed by atoms with Crippen LogP contribution in [0.2, 0.25) is 0 Å². The van der Waals surface area contributed by atoms with Crippen molar-refractivity contribution < 1.29 is 17.9 Å². The maximum absolute atomic E-state index is 12.6. The molecule has 0 saturated carbocycles. The fourth-order valence-corrected chi connectivity index (χ4v) is 5.11. The molecule has 1 aliphatic heterocycles. The number of amides is 1. The van der Waals surface area contributed by atoms with E-state index in [9.17, 15) is 13.2 Å². The second-order valence-electron chi connectivity index (χ2n) is 6.56. The first kappa shape index (κ1) is 20.9. The number of nitrogens with zero attached hydrogens (tertiary/aromatic N) is 2. The Kier molecular flexibility index (Phi) is 7.19. The van der Waals surface area contributed by atoms with Gasteiger partial charge in [-0.25, -0.2) is 8.42 Å². The van der Waals surface area contributed by atoms with E-state index in [1.54, 1.807) is 29.5 Å². The molecule has 1 saturated heterocycles. The van der Waals surface area contributed by atoms with Crippen LogP contribution >= 0.6 is 11.3 Å². The van der Waals surface area contributed by atoms with Gasteiger partial charge in [-0.1, -0.05) is 24.3 Å². The van der Waals surface area contributed by atoms with Crippen LogP contribution in [0, 0.1) is 0 Å². The number of rotatable bonds is 8. The first-order valence-corrected chi connectivity index (χ1v) is 11.4. The average molecular weight is 424 g/mol. The normalized spacial score (nSPS) is 16.8. The van der Waals surface area contributed by atoms with Crippen molar-refractivity contribution in [3.05, 3.63) is 52.7 Å². The Hall–Kier alpha value is -1.78. The predicted molar refractivity (Wildman–Crippen MR) is 109 cm³/mol. The summed E-state index contributed by atoms with van der Waals surface area (Å²) in [6.07, 6.45) is 0. The third kappa shape index (κ3) is 5.18. The van der Waals surface area contributed by atoms with Crippen molar-refractivity contribution in [3.8, 4) is 0 Å². The topological polar surface area (TPSA) is 79.0 Å². The van der Waals surface area contributed by atoms with E-state index in [1.807, 2.05) is 11.4 Å². The van der Waals surface area contributed by atoms with Crippen molar-refractivity contribution in [1.82, 2.24) is 14.5 Å². The minimum atomic E-state index is -3.69. The van der Waals surface area contributed by atoms with Gasteiger partial charge in [-0.05, 0) is 23.6 Å². The molecule has 9 heteroatoms. The largest absolute Gasteiger partial charge is 0.379 e. The summed E-state index contributed by atoms with van der Waals surface area (Å²) >= 11 is 1.65. The third-order valence-electron chi connectivity index (χ3n) is 4.67. The number of morpholine rings is 1. The van der Waals surface area contributed by atoms with Gasteiger partial charge >= 0.3 is 0 Å². The molecule has 0 bridgehead atoms. The number of hydrogen-bond donors (Lipinski definition) is 1. The van der Waals surface area contributed by atoms with Crippen LogP contribution in [0.15, 0.2) is 52.7 Å². The molecule has 1 amide bonds. The molecule has 1 atom stereocenters. The zero-order chi connectivity index (χ0) is 20.0. The van der Waals surface area contributed by atoms with Gasteiger partial charge in [0.2, 0.25) is 15.9 Å². The number of ether oxygens (including phenoxy) is 1. The summed E-state index contributed by atoms with van der Waals surface area (Å²) in [7, 11) is -2.27. The molecule has 1 aromatic carbocycles. The van der Waals surface area contributed by atoms with Gasteiger partial charge in [-0.15, -0.1) is 11.3 Å². The van der Waals surface area contributed by atoms with Gasteiger partial charge in [0.25, 0.3) is 0 Å². The molecule has 1 aliphatic rings. The molecule has 1 fully saturated rings. The highest BCUT2D eigenvalue weighted by molar-refractivity contribution is 7.89. The minimum absolute atomic E-state index is 0.0592. The van der Waals surface area contributed by atoms with Crippen molar-refractivity contribution in [3.63, 3.8) is 0 Å². The first-order valence-electron chi connectivity index (χ1n) is 9.12.